The molecule has 2 rings (SSSR count). The summed E-state index contributed by atoms with van der Waals surface area (Å²) in [4.78, 5) is 11.8. The van der Waals surface area contributed by atoms with Crippen LogP contribution in [-0.4, -0.2) is 42.8 Å². The molecule has 1 aliphatic rings. The van der Waals surface area contributed by atoms with Crippen LogP contribution < -0.4 is 10.6 Å². The van der Waals surface area contributed by atoms with E-state index in [1.165, 1.54) is 27.1 Å². The summed E-state index contributed by atoms with van der Waals surface area (Å²) in [6.45, 7) is 1.79. The van der Waals surface area contributed by atoms with Gasteiger partial charge in [-0.3, -0.25) is 5.32 Å². The number of amides is 2. The van der Waals surface area contributed by atoms with Crippen molar-refractivity contribution in [2.45, 2.75) is 38.0 Å². The highest BCUT2D eigenvalue weighted by molar-refractivity contribution is 5.88. The van der Waals surface area contributed by atoms with E-state index >= 15 is 0 Å². The fourth-order valence-electron chi connectivity index (χ4n) is 1.94. The highest BCUT2D eigenvalue weighted by atomic mass is 16.7. The van der Waals surface area contributed by atoms with Crippen LogP contribution in [0, 0.1) is 0 Å². The molecule has 7 nitrogen and oxygen atoms in total. The molecule has 2 N–H and O–H groups in total. The second kappa shape index (κ2) is 6.62. The molecule has 0 radical (unpaired) electrons. The van der Waals surface area contributed by atoms with Crippen molar-refractivity contribution >= 4 is 11.8 Å². The van der Waals surface area contributed by atoms with Crippen molar-refractivity contribution < 1.29 is 14.3 Å². The summed E-state index contributed by atoms with van der Waals surface area (Å²) in [5.74, 6) is 0.972. The average Bonchev–Trinajstić information content (AvgIpc) is 3.25. The SMILES string of the molecule is COC(OC)C(C)NC(=O)Nc1ccc(C2CC2)nn1. The Morgan fingerprint density at radius 3 is 2.50 bits per heavy atom. The lowest BCUT2D eigenvalue weighted by Gasteiger charge is -2.22. The summed E-state index contributed by atoms with van der Waals surface area (Å²) in [6.07, 6.45) is 1.85. The summed E-state index contributed by atoms with van der Waals surface area (Å²) in [5, 5.41) is 13.4. The molecule has 0 saturated heterocycles. The number of hydrogen-bond donors (Lipinski definition) is 2. The molecule has 1 aromatic rings. The third-order valence-electron chi connectivity index (χ3n) is 3.15. The minimum Gasteiger partial charge on any atom is -0.354 e. The topological polar surface area (TPSA) is 85.4 Å². The van der Waals surface area contributed by atoms with E-state index in [-0.39, 0.29) is 12.1 Å². The highest BCUT2D eigenvalue weighted by Gasteiger charge is 2.25. The predicted molar refractivity (Wildman–Crippen MR) is 73.4 cm³/mol. The second-order valence-electron chi connectivity index (χ2n) is 4.84. The van der Waals surface area contributed by atoms with Gasteiger partial charge in [0.05, 0.1) is 11.7 Å². The molecule has 1 unspecified atom stereocenters. The van der Waals surface area contributed by atoms with Crippen molar-refractivity contribution in [3.8, 4) is 0 Å². The maximum absolute atomic E-state index is 11.8. The zero-order valence-electron chi connectivity index (χ0n) is 11.9. The Hall–Kier alpha value is -1.73. The van der Waals surface area contributed by atoms with Gasteiger partial charge in [0.1, 0.15) is 0 Å². The largest absolute Gasteiger partial charge is 0.354 e. The highest BCUT2D eigenvalue weighted by Crippen LogP contribution is 2.38. The minimum absolute atomic E-state index is 0.288. The molecular formula is C13H20N4O3. The Balaban J connectivity index is 1.84. The smallest absolute Gasteiger partial charge is 0.320 e. The van der Waals surface area contributed by atoms with E-state index in [0.29, 0.717) is 11.7 Å². The van der Waals surface area contributed by atoms with Gasteiger partial charge in [0, 0.05) is 20.1 Å². The number of carbonyl (C=O) groups is 1. The molecule has 0 aromatic carbocycles. The van der Waals surface area contributed by atoms with Crippen LogP contribution in [-0.2, 0) is 9.47 Å². The standard InChI is InChI=1S/C13H20N4O3/c1-8(12(19-2)20-3)14-13(18)15-11-7-6-10(16-17-11)9-4-5-9/h6-9,12H,4-5H2,1-3H3,(H2,14,15,17,18). The minimum atomic E-state index is -0.496. The van der Waals surface area contributed by atoms with Gasteiger partial charge >= 0.3 is 6.03 Å². The lowest BCUT2D eigenvalue weighted by atomic mass is 10.3. The first-order valence-corrected chi connectivity index (χ1v) is 6.60. The van der Waals surface area contributed by atoms with Crippen molar-refractivity contribution in [3.05, 3.63) is 17.8 Å². The van der Waals surface area contributed by atoms with E-state index in [4.69, 9.17) is 9.47 Å². The first-order chi connectivity index (χ1) is 9.63. The molecule has 1 aliphatic carbocycles. The summed E-state index contributed by atoms with van der Waals surface area (Å²) < 4.78 is 10.1. The number of aromatic nitrogens is 2. The van der Waals surface area contributed by atoms with Crippen LogP contribution in [0.2, 0.25) is 0 Å². The molecule has 110 valence electrons. The predicted octanol–water partition coefficient (Wildman–Crippen LogP) is 1.48. The third-order valence-corrected chi connectivity index (χ3v) is 3.15. The average molecular weight is 280 g/mol. The molecule has 1 heterocycles. The number of carbonyl (C=O) groups excluding carboxylic acids is 1. The molecule has 7 heteroatoms. The van der Waals surface area contributed by atoms with Crippen LogP contribution in [0.1, 0.15) is 31.4 Å². The van der Waals surface area contributed by atoms with Crippen LogP contribution in [0.3, 0.4) is 0 Å². The fourth-order valence-corrected chi connectivity index (χ4v) is 1.94. The number of rotatable bonds is 6. The van der Waals surface area contributed by atoms with Crippen molar-refractivity contribution in [2.75, 3.05) is 19.5 Å². The second-order valence-corrected chi connectivity index (χ2v) is 4.84. The van der Waals surface area contributed by atoms with Crippen LogP contribution in [0.15, 0.2) is 12.1 Å². The number of anilines is 1. The molecule has 0 aliphatic heterocycles. The van der Waals surface area contributed by atoms with Gasteiger partial charge in [-0.05, 0) is 31.9 Å². The van der Waals surface area contributed by atoms with Gasteiger partial charge in [0.2, 0.25) is 0 Å². The Bertz CT molecular complexity index is 443. The van der Waals surface area contributed by atoms with E-state index in [9.17, 15) is 4.79 Å². The van der Waals surface area contributed by atoms with E-state index in [0.717, 1.165) is 5.69 Å². The van der Waals surface area contributed by atoms with Gasteiger partial charge in [-0.1, -0.05) is 0 Å². The maximum atomic E-state index is 11.8. The molecule has 1 aromatic heterocycles. The lowest BCUT2D eigenvalue weighted by Crippen LogP contribution is -2.44. The number of ether oxygens (including phenoxy) is 2. The first-order valence-electron chi connectivity index (χ1n) is 6.60. The Kier molecular flexibility index (Phi) is 4.86. The van der Waals surface area contributed by atoms with Gasteiger partial charge in [-0.25, -0.2) is 4.79 Å². The third kappa shape index (κ3) is 3.88. The molecule has 1 saturated carbocycles. The zero-order valence-corrected chi connectivity index (χ0v) is 11.9. The Labute approximate surface area is 118 Å². The molecule has 0 spiro atoms. The number of nitrogens with one attached hydrogen (secondary N) is 2. The molecule has 1 fully saturated rings. The Morgan fingerprint density at radius 1 is 1.30 bits per heavy atom. The van der Waals surface area contributed by atoms with Crippen molar-refractivity contribution in [1.82, 2.24) is 15.5 Å². The summed E-state index contributed by atoms with van der Waals surface area (Å²) in [7, 11) is 3.04. The molecule has 1 atom stereocenters. The molecule has 20 heavy (non-hydrogen) atoms. The normalized spacial score (nSPS) is 16.0. The zero-order chi connectivity index (χ0) is 14.5. The fraction of sp³-hybridized carbons (Fsp3) is 0.615. The van der Waals surface area contributed by atoms with E-state index in [2.05, 4.69) is 20.8 Å². The summed E-state index contributed by atoms with van der Waals surface area (Å²) in [5.41, 5.74) is 0.989. The van der Waals surface area contributed by atoms with Gasteiger partial charge in [0.15, 0.2) is 12.1 Å². The Morgan fingerprint density at radius 2 is 2.00 bits per heavy atom. The van der Waals surface area contributed by atoms with Gasteiger partial charge in [-0.15, -0.1) is 5.10 Å². The summed E-state index contributed by atoms with van der Waals surface area (Å²) >= 11 is 0. The number of hydrogen-bond acceptors (Lipinski definition) is 5. The van der Waals surface area contributed by atoms with E-state index in [1.807, 2.05) is 6.07 Å². The molecule has 0 bridgehead atoms. The van der Waals surface area contributed by atoms with E-state index < -0.39 is 6.29 Å². The van der Waals surface area contributed by atoms with Gasteiger partial charge in [-0.2, -0.15) is 5.10 Å². The van der Waals surface area contributed by atoms with Crippen molar-refractivity contribution in [1.29, 1.82) is 0 Å². The van der Waals surface area contributed by atoms with Crippen molar-refractivity contribution in [3.63, 3.8) is 0 Å². The van der Waals surface area contributed by atoms with Crippen LogP contribution in [0.25, 0.3) is 0 Å². The number of nitrogens with zero attached hydrogens (tertiary/aromatic N) is 2. The molecule has 2 amide bonds. The number of urea groups is 1. The van der Waals surface area contributed by atoms with Crippen molar-refractivity contribution in [2.24, 2.45) is 0 Å². The maximum Gasteiger partial charge on any atom is 0.320 e. The monoisotopic (exact) mass is 280 g/mol. The van der Waals surface area contributed by atoms with E-state index in [1.54, 1.807) is 13.0 Å². The summed E-state index contributed by atoms with van der Waals surface area (Å²) in [6, 6.07) is 3.00. The van der Waals surface area contributed by atoms with Crippen LogP contribution in [0.4, 0.5) is 10.6 Å². The molecular weight excluding hydrogens is 260 g/mol. The van der Waals surface area contributed by atoms with Gasteiger partial charge in [0.25, 0.3) is 0 Å². The lowest BCUT2D eigenvalue weighted by molar-refractivity contribution is -0.117. The van der Waals surface area contributed by atoms with Crippen LogP contribution >= 0.6 is 0 Å². The van der Waals surface area contributed by atoms with Gasteiger partial charge < -0.3 is 14.8 Å². The van der Waals surface area contributed by atoms with Crippen LogP contribution in [0.5, 0.6) is 0 Å². The quantitative estimate of drug-likeness (QED) is 0.771. The number of methoxy groups -OCH3 is 2. The first kappa shape index (κ1) is 14.7.